The van der Waals surface area contributed by atoms with Crippen LogP contribution < -0.4 is 0 Å². The topological polar surface area (TPSA) is 42.1 Å². The monoisotopic (exact) mass is 229 g/mol. The number of nitrogens with one attached hydrogen (secondary N) is 1. The molecular formula is C14H15NO2. The first kappa shape index (κ1) is 11.5. The second kappa shape index (κ2) is 5.34. The lowest BCUT2D eigenvalue weighted by Gasteiger charge is -1.99. The summed E-state index contributed by atoms with van der Waals surface area (Å²) in [7, 11) is 0. The van der Waals surface area contributed by atoms with Gasteiger partial charge in [-0.2, -0.15) is 0 Å². The molecule has 0 aliphatic heterocycles. The number of rotatable bonds is 4. The Kier molecular flexibility index (Phi) is 3.60. The zero-order valence-corrected chi connectivity index (χ0v) is 9.77. The maximum absolute atomic E-state index is 11.5. The van der Waals surface area contributed by atoms with E-state index in [-0.39, 0.29) is 12.4 Å². The molecule has 0 saturated heterocycles. The molecule has 1 aromatic heterocycles. The minimum atomic E-state index is -0.213. The standard InChI is InChI=1S/C14H15NO2/c1-2-3-8-17-14(16)10-12-9-11-6-4-5-7-13(11)15-12/h2-7,9,15H,8,10H2,1H3/b3-2+. The van der Waals surface area contributed by atoms with Crippen LogP contribution in [0.2, 0.25) is 0 Å². The summed E-state index contributed by atoms with van der Waals surface area (Å²) in [6.07, 6.45) is 3.95. The summed E-state index contributed by atoms with van der Waals surface area (Å²) < 4.78 is 5.04. The van der Waals surface area contributed by atoms with E-state index < -0.39 is 0 Å². The van der Waals surface area contributed by atoms with Crippen LogP contribution in [0.5, 0.6) is 0 Å². The molecule has 0 radical (unpaired) electrons. The van der Waals surface area contributed by atoms with Crippen LogP contribution >= 0.6 is 0 Å². The zero-order valence-electron chi connectivity index (χ0n) is 9.77. The Hall–Kier alpha value is -2.03. The van der Waals surface area contributed by atoms with Gasteiger partial charge in [0.05, 0.1) is 6.42 Å². The number of H-pyrrole nitrogens is 1. The number of esters is 1. The predicted octanol–water partition coefficient (Wildman–Crippen LogP) is 2.83. The Balaban J connectivity index is 2.00. The molecule has 2 aromatic rings. The van der Waals surface area contributed by atoms with Crippen molar-refractivity contribution in [1.82, 2.24) is 4.98 Å². The second-order valence-corrected chi connectivity index (χ2v) is 3.81. The Bertz CT molecular complexity index is 507. The van der Waals surface area contributed by atoms with Crippen LogP contribution in [0.3, 0.4) is 0 Å². The molecule has 1 aromatic carbocycles. The molecule has 3 heteroatoms. The molecule has 0 saturated carbocycles. The molecule has 0 unspecified atom stereocenters. The van der Waals surface area contributed by atoms with Gasteiger partial charge >= 0.3 is 5.97 Å². The van der Waals surface area contributed by atoms with E-state index in [0.29, 0.717) is 6.61 Å². The third-order valence-electron chi connectivity index (χ3n) is 2.50. The van der Waals surface area contributed by atoms with Crippen molar-refractivity contribution in [2.75, 3.05) is 6.61 Å². The Morgan fingerprint density at radius 1 is 1.41 bits per heavy atom. The van der Waals surface area contributed by atoms with Crippen molar-refractivity contribution in [2.24, 2.45) is 0 Å². The Labute approximate surface area is 100 Å². The number of aromatic nitrogens is 1. The predicted molar refractivity (Wildman–Crippen MR) is 67.8 cm³/mol. The van der Waals surface area contributed by atoms with E-state index in [1.54, 1.807) is 0 Å². The zero-order chi connectivity index (χ0) is 12.1. The first-order valence-corrected chi connectivity index (χ1v) is 5.63. The van der Waals surface area contributed by atoms with Gasteiger partial charge in [0.2, 0.25) is 0 Å². The van der Waals surface area contributed by atoms with Crippen LogP contribution in [-0.2, 0) is 16.0 Å². The lowest BCUT2D eigenvalue weighted by molar-refractivity contribution is -0.141. The maximum Gasteiger partial charge on any atom is 0.312 e. The number of para-hydroxylation sites is 1. The minimum absolute atomic E-state index is 0.213. The molecule has 1 heterocycles. The van der Waals surface area contributed by atoms with Crippen molar-refractivity contribution >= 4 is 16.9 Å². The second-order valence-electron chi connectivity index (χ2n) is 3.81. The molecule has 1 N–H and O–H groups in total. The molecule has 2 rings (SSSR count). The lowest BCUT2D eigenvalue weighted by atomic mass is 10.2. The summed E-state index contributed by atoms with van der Waals surface area (Å²) >= 11 is 0. The van der Waals surface area contributed by atoms with Gasteiger partial charge in [0.15, 0.2) is 0 Å². The number of carbonyl (C=O) groups is 1. The summed E-state index contributed by atoms with van der Waals surface area (Å²) in [4.78, 5) is 14.7. The van der Waals surface area contributed by atoms with Crippen LogP contribution in [0, 0.1) is 0 Å². The number of hydrogen-bond donors (Lipinski definition) is 1. The number of ether oxygens (including phenoxy) is 1. The van der Waals surface area contributed by atoms with Crippen LogP contribution in [0.15, 0.2) is 42.5 Å². The molecule has 3 nitrogen and oxygen atoms in total. The van der Waals surface area contributed by atoms with Gasteiger partial charge in [-0.1, -0.05) is 30.4 Å². The third kappa shape index (κ3) is 2.97. The average molecular weight is 229 g/mol. The largest absolute Gasteiger partial charge is 0.461 e. The fourth-order valence-corrected chi connectivity index (χ4v) is 1.67. The number of aromatic amines is 1. The molecule has 0 spiro atoms. The van der Waals surface area contributed by atoms with Crippen molar-refractivity contribution in [1.29, 1.82) is 0 Å². The number of fused-ring (bicyclic) bond motifs is 1. The first-order valence-electron chi connectivity index (χ1n) is 5.63. The molecular weight excluding hydrogens is 214 g/mol. The average Bonchev–Trinajstić information content (AvgIpc) is 2.71. The van der Waals surface area contributed by atoms with Crippen LogP contribution in [-0.4, -0.2) is 17.6 Å². The van der Waals surface area contributed by atoms with E-state index in [9.17, 15) is 4.79 Å². The minimum Gasteiger partial charge on any atom is -0.461 e. The van der Waals surface area contributed by atoms with E-state index in [4.69, 9.17) is 4.74 Å². The van der Waals surface area contributed by atoms with E-state index in [2.05, 4.69) is 4.98 Å². The summed E-state index contributed by atoms with van der Waals surface area (Å²) in [5.74, 6) is -0.213. The summed E-state index contributed by atoms with van der Waals surface area (Å²) in [6, 6.07) is 9.92. The van der Waals surface area contributed by atoms with Gasteiger partial charge in [0.1, 0.15) is 6.61 Å². The SMILES string of the molecule is C/C=C/COC(=O)Cc1cc2ccccc2[nH]1. The van der Waals surface area contributed by atoms with Gasteiger partial charge in [-0.05, 0) is 24.4 Å². The summed E-state index contributed by atoms with van der Waals surface area (Å²) in [5.41, 5.74) is 1.93. The highest BCUT2D eigenvalue weighted by atomic mass is 16.5. The molecule has 0 bridgehead atoms. The number of carbonyl (C=O) groups excluding carboxylic acids is 1. The van der Waals surface area contributed by atoms with Crippen molar-refractivity contribution in [3.63, 3.8) is 0 Å². The van der Waals surface area contributed by atoms with E-state index in [1.807, 2.05) is 49.4 Å². The van der Waals surface area contributed by atoms with Crippen molar-refractivity contribution in [2.45, 2.75) is 13.3 Å². The highest BCUT2D eigenvalue weighted by molar-refractivity contribution is 5.82. The van der Waals surface area contributed by atoms with Gasteiger partial charge in [0, 0.05) is 11.2 Å². The number of allylic oxidation sites excluding steroid dienone is 1. The van der Waals surface area contributed by atoms with Gasteiger partial charge in [-0.15, -0.1) is 0 Å². The molecule has 0 aliphatic carbocycles. The van der Waals surface area contributed by atoms with E-state index in [0.717, 1.165) is 16.6 Å². The normalized spacial score (nSPS) is 11.1. The van der Waals surface area contributed by atoms with Gasteiger partial charge in [-0.25, -0.2) is 0 Å². The molecule has 88 valence electrons. The molecule has 0 aliphatic rings. The molecule has 0 atom stereocenters. The van der Waals surface area contributed by atoms with Gasteiger partial charge < -0.3 is 9.72 Å². The smallest absolute Gasteiger partial charge is 0.312 e. The fourth-order valence-electron chi connectivity index (χ4n) is 1.67. The molecule has 0 fully saturated rings. The Morgan fingerprint density at radius 3 is 3.00 bits per heavy atom. The van der Waals surface area contributed by atoms with Crippen LogP contribution in [0.1, 0.15) is 12.6 Å². The van der Waals surface area contributed by atoms with Crippen molar-refractivity contribution < 1.29 is 9.53 Å². The quantitative estimate of drug-likeness (QED) is 0.647. The summed E-state index contributed by atoms with van der Waals surface area (Å²) in [5, 5.41) is 1.11. The highest BCUT2D eigenvalue weighted by Gasteiger charge is 2.06. The summed E-state index contributed by atoms with van der Waals surface area (Å²) in [6.45, 7) is 2.24. The van der Waals surface area contributed by atoms with Crippen molar-refractivity contribution in [3.05, 3.63) is 48.2 Å². The lowest BCUT2D eigenvalue weighted by Crippen LogP contribution is -2.08. The van der Waals surface area contributed by atoms with E-state index >= 15 is 0 Å². The highest BCUT2D eigenvalue weighted by Crippen LogP contribution is 2.15. The van der Waals surface area contributed by atoms with E-state index in [1.165, 1.54) is 0 Å². The third-order valence-corrected chi connectivity index (χ3v) is 2.50. The van der Waals surface area contributed by atoms with Crippen molar-refractivity contribution in [3.8, 4) is 0 Å². The Morgan fingerprint density at radius 2 is 2.24 bits per heavy atom. The van der Waals surface area contributed by atoms with Crippen LogP contribution in [0.4, 0.5) is 0 Å². The van der Waals surface area contributed by atoms with Gasteiger partial charge in [-0.3, -0.25) is 4.79 Å². The maximum atomic E-state index is 11.5. The number of hydrogen-bond acceptors (Lipinski definition) is 2. The molecule has 17 heavy (non-hydrogen) atoms. The van der Waals surface area contributed by atoms with Crippen LogP contribution in [0.25, 0.3) is 10.9 Å². The first-order chi connectivity index (χ1) is 8.29. The number of benzene rings is 1. The van der Waals surface area contributed by atoms with Gasteiger partial charge in [0.25, 0.3) is 0 Å². The molecule has 0 amide bonds. The fraction of sp³-hybridized carbons (Fsp3) is 0.214.